The molecule has 1 unspecified atom stereocenters. The van der Waals surface area contributed by atoms with E-state index in [0.717, 1.165) is 119 Å². The average Bonchev–Trinajstić information content (AvgIpc) is 3.06. The number of hydrogen-bond donors (Lipinski definition) is 3. The number of benzene rings is 4. The van der Waals surface area contributed by atoms with Crippen molar-refractivity contribution < 1.29 is 0 Å². The maximum absolute atomic E-state index is 4.25. The van der Waals surface area contributed by atoms with Gasteiger partial charge >= 0.3 is 0 Å². The Balaban J connectivity index is 1.67. The molecular formula is C38H56N4Si4. The third-order valence-electron chi connectivity index (χ3n) is 9.78. The summed E-state index contributed by atoms with van der Waals surface area (Å²) in [5.41, 5.74) is 5.61. The molecule has 244 valence electrons. The first-order valence-corrected chi connectivity index (χ1v) is 21.5. The second-order valence-electron chi connectivity index (χ2n) is 13.7. The fourth-order valence-corrected chi connectivity index (χ4v) is 8.30. The van der Waals surface area contributed by atoms with Gasteiger partial charge in [0.2, 0.25) is 0 Å². The minimum atomic E-state index is -0.143. The molecule has 0 bridgehead atoms. The van der Waals surface area contributed by atoms with Crippen molar-refractivity contribution in [1.82, 2.24) is 20.9 Å². The molecule has 0 aliphatic carbocycles. The van der Waals surface area contributed by atoms with Crippen molar-refractivity contribution in [3.8, 4) is 0 Å². The van der Waals surface area contributed by atoms with E-state index in [1.807, 2.05) is 0 Å². The molecule has 4 nitrogen and oxygen atoms in total. The zero-order chi connectivity index (χ0) is 32.2. The summed E-state index contributed by atoms with van der Waals surface area (Å²) in [6.07, 6.45) is 5.29. The molecule has 1 aliphatic heterocycles. The molecule has 8 heteroatoms. The molecule has 1 atom stereocenters. The van der Waals surface area contributed by atoms with Gasteiger partial charge in [0, 0.05) is 78.7 Å². The summed E-state index contributed by atoms with van der Waals surface area (Å²) >= 11 is 0. The second-order valence-corrected chi connectivity index (χ2v) is 18.4. The van der Waals surface area contributed by atoms with Crippen LogP contribution in [0.5, 0.6) is 0 Å². The number of nitrogens with one attached hydrogen (secondary N) is 3. The fraction of sp³-hybridized carbons (Fsp3) is 0.368. The van der Waals surface area contributed by atoms with E-state index >= 15 is 0 Å². The molecule has 0 saturated carbocycles. The summed E-state index contributed by atoms with van der Waals surface area (Å²) in [6.45, 7) is 7.16. The molecule has 5 rings (SSSR count). The van der Waals surface area contributed by atoms with Crippen LogP contribution in [0, 0.1) is 0 Å². The van der Waals surface area contributed by atoms with Crippen LogP contribution in [0.4, 0.5) is 0 Å². The Labute approximate surface area is 290 Å². The molecule has 0 aromatic heterocycles. The molecule has 1 fully saturated rings. The lowest BCUT2D eigenvalue weighted by atomic mass is 9.74. The molecule has 3 N–H and O–H groups in total. The normalized spacial score (nSPS) is 20.9. The summed E-state index contributed by atoms with van der Waals surface area (Å²) < 4.78 is 0. The Bertz CT molecular complexity index is 1350. The maximum Gasteiger partial charge on any atom is 0.0449 e. The van der Waals surface area contributed by atoms with E-state index in [0.29, 0.717) is 0 Å². The maximum atomic E-state index is 4.25. The molecule has 46 heavy (non-hydrogen) atoms. The van der Waals surface area contributed by atoms with Crippen LogP contribution in [0.1, 0.15) is 35.1 Å². The van der Waals surface area contributed by atoms with Crippen LogP contribution in [-0.2, 0) is 25.8 Å². The van der Waals surface area contributed by atoms with Crippen LogP contribution in [0.25, 0.3) is 0 Å². The summed E-state index contributed by atoms with van der Waals surface area (Å²) in [5, 5.41) is 17.5. The number of nitrogens with zero attached hydrogens (tertiary/aromatic N) is 1. The molecule has 4 aromatic carbocycles. The molecule has 0 radical (unpaired) electrons. The van der Waals surface area contributed by atoms with Gasteiger partial charge in [0.15, 0.2) is 0 Å². The van der Waals surface area contributed by atoms with Crippen LogP contribution < -0.4 is 36.7 Å². The van der Waals surface area contributed by atoms with Crippen molar-refractivity contribution in [3.05, 3.63) is 119 Å². The summed E-state index contributed by atoms with van der Waals surface area (Å²) in [6, 6.07) is 38.4. The van der Waals surface area contributed by atoms with Gasteiger partial charge in [0.25, 0.3) is 0 Å². The lowest BCUT2D eigenvalue weighted by Crippen LogP contribution is -2.65. The Morgan fingerprint density at radius 3 is 1.46 bits per heavy atom. The third-order valence-corrected chi connectivity index (χ3v) is 12.4. The lowest BCUT2D eigenvalue weighted by molar-refractivity contribution is 0.0384. The fourth-order valence-electron chi connectivity index (χ4n) is 6.97. The molecule has 1 aliphatic rings. The van der Waals surface area contributed by atoms with Gasteiger partial charge in [0.1, 0.15) is 0 Å². The van der Waals surface area contributed by atoms with Crippen LogP contribution in [0.15, 0.2) is 97.1 Å². The highest BCUT2D eigenvalue weighted by molar-refractivity contribution is 6.33. The van der Waals surface area contributed by atoms with Gasteiger partial charge in [-0.1, -0.05) is 118 Å². The minimum Gasteiger partial charge on any atom is -0.315 e. The largest absolute Gasteiger partial charge is 0.315 e. The van der Waals surface area contributed by atoms with Crippen LogP contribution in [0.2, 0.25) is 0 Å². The van der Waals surface area contributed by atoms with Crippen molar-refractivity contribution in [2.45, 2.75) is 50.2 Å². The zero-order valence-corrected chi connectivity index (χ0v) is 36.7. The number of hydrogen-bond acceptors (Lipinski definition) is 4. The predicted molar refractivity (Wildman–Crippen MR) is 215 cm³/mol. The monoisotopic (exact) mass is 680 g/mol. The molecule has 1 heterocycles. The van der Waals surface area contributed by atoms with Crippen LogP contribution in [-0.4, -0.2) is 96.7 Å². The van der Waals surface area contributed by atoms with Crippen molar-refractivity contribution in [1.29, 1.82) is 0 Å². The molecule has 1 saturated heterocycles. The highest BCUT2D eigenvalue weighted by atomic mass is 28.2. The highest BCUT2D eigenvalue weighted by Crippen LogP contribution is 2.33. The SMILES string of the molecule is [SiH3]c1ccc(CC2NCCCNCCNCCCN(Cc3ccc([SiH3])cc3)C2(Cc2ccc([SiH3])cc2)Cc2ccc([SiH3])cc2)cc1. The summed E-state index contributed by atoms with van der Waals surface area (Å²) in [5.74, 6) is 0. The van der Waals surface area contributed by atoms with E-state index in [1.54, 1.807) is 0 Å². The standard InChI is InChI=1S/C38H56N4Si4/c43-33-11-3-29(4-12-33)25-37-38(26-30-5-13-34(44)14-6-30,27-31-7-15-35(45)16-8-31)42(28-32-9-17-36(46)18-10-32)24-2-20-40-23-22-39-19-1-21-41-37/h3-18,37,39-41H,1-2,19-28H2,43-46H3. The van der Waals surface area contributed by atoms with E-state index in [4.69, 9.17) is 0 Å². The summed E-state index contributed by atoms with van der Waals surface area (Å²) in [4.78, 5) is 2.91. The van der Waals surface area contributed by atoms with Gasteiger partial charge in [-0.05, 0) is 74.0 Å². The van der Waals surface area contributed by atoms with Gasteiger partial charge in [-0.3, -0.25) is 4.90 Å². The van der Waals surface area contributed by atoms with E-state index < -0.39 is 0 Å². The molecular weight excluding hydrogens is 625 g/mol. The predicted octanol–water partition coefficient (Wildman–Crippen LogP) is -2.15. The van der Waals surface area contributed by atoms with Crippen molar-refractivity contribution in [2.24, 2.45) is 0 Å². The Morgan fingerprint density at radius 2 is 0.957 bits per heavy atom. The van der Waals surface area contributed by atoms with Gasteiger partial charge in [-0.15, -0.1) is 0 Å². The minimum absolute atomic E-state index is 0.143. The van der Waals surface area contributed by atoms with E-state index in [-0.39, 0.29) is 11.6 Å². The summed E-state index contributed by atoms with van der Waals surface area (Å²) in [7, 11) is 4.35. The van der Waals surface area contributed by atoms with Gasteiger partial charge in [-0.2, -0.15) is 0 Å². The third kappa shape index (κ3) is 10.3. The van der Waals surface area contributed by atoms with Crippen molar-refractivity contribution in [2.75, 3.05) is 39.3 Å². The molecule has 0 spiro atoms. The smallest absolute Gasteiger partial charge is 0.0449 e. The number of rotatable bonds is 8. The highest BCUT2D eigenvalue weighted by Gasteiger charge is 2.44. The average molecular weight is 681 g/mol. The molecule has 0 amide bonds. The van der Waals surface area contributed by atoms with Gasteiger partial charge < -0.3 is 16.0 Å². The Morgan fingerprint density at radius 1 is 0.522 bits per heavy atom. The quantitative estimate of drug-likeness (QED) is 0.186. The van der Waals surface area contributed by atoms with E-state index in [2.05, 4.69) is 118 Å². The van der Waals surface area contributed by atoms with Gasteiger partial charge in [-0.25, -0.2) is 0 Å². The first-order chi connectivity index (χ1) is 22.4. The lowest BCUT2D eigenvalue weighted by Gasteiger charge is -2.51. The first-order valence-electron chi connectivity index (χ1n) is 17.5. The zero-order valence-electron chi connectivity index (χ0n) is 28.7. The molecule has 4 aromatic rings. The van der Waals surface area contributed by atoms with Gasteiger partial charge in [0.05, 0.1) is 0 Å². The van der Waals surface area contributed by atoms with Crippen molar-refractivity contribution in [3.63, 3.8) is 0 Å². The first kappa shape index (κ1) is 34.9. The topological polar surface area (TPSA) is 39.3 Å². The van der Waals surface area contributed by atoms with Crippen molar-refractivity contribution >= 4 is 61.7 Å². The van der Waals surface area contributed by atoms with E-state index in [1.165, 1.54) is 43.0 Å². The van der Waals surface area contributed by atoms with Crippen LogP contribution in [0.3, 0.4) is 0 Å². The van der Waals surface area contributed by atoms with Crippen LogP contribution >= 0.6 is 0 Å². The second kappa shape index (κ2) is 17.7. The van der Waals surface area contributed by atoms with E-state index in [9.17, 15) is 0 Å². The Kier molecular flexibility index (Phi) is 13.4. The Hall–Kier alpha value is -2.41.